The van der Waals surface area contributed by atoms with E-state index in [1.165, 1.54) is 0 Å². The van der Waals surface area contributed by atoms with Gasteiger partial charge in [-0.1, -0.05) is 37.7 Å². The molecule has 2 N–H and O–H groups in total. The molecule has 0 aliphatic rings. The summed E-state index contributed by atoms with van der Waals surface area (Å²) in [5.41, 5.74) is 1.39. The Morgan fingerprint density at radius 2 is 2.10 bits per heavy atom. The predicted molar refractivity (Wildman–Crippen MR) is 79.1 cm³/mol. The van der Waals surface area contributed by atoms with Crippen LogP contribution in [0, 0.1) is 5.92 Å². The number of aromatic nitrogens is 1. The van der Waals surface area contributed by atoms with E-state index in [1.54, 1.807) is 19.9 Å². The smallest absolute Gasteiger partial charge is 0.326 e. The number of carbonyl (C=O) groups excluding carboxylic acids is 1. The zero-order chi connectivity index (χ0) is 15.4. The van der Waals surface area contributed by atoms with Crippen LogP contribution in [-0.2, 0) is 9.59 Å². The van der Waals surface area contributed by atoms with Gasteiger partial charge in [-0.3, -0.25) is 4.79 Å². The molecule has 1 aromatic carbocycles. The highest BCUT2D eigenvalue weighted by molar-refractivity contribution is 7.99. The lowest BCUT2D eigenvalue weighted by Crippen LogP contribution is -2.45. The standard InChI is InChI=1S/C14H16N2O4S/c1-8(2)12(13(18)19)16-11(17)7-21-14-15-9-5-3-4-6-10(9)20-14/h3-6,8,12H,7H2,1-2H3,(H,16,17)(H,18,19)/t12-/m1/s1. The fraction of sp³-hybridized carbons (Fsp3) is 0.357. The van der Waals surface area contributed by atoms with E-state index in [0.717, 1.165) is 17.3 Å². The van der Waals surface area contributed by atoms with Gasteiger partial charge in [0.25, 0.3) is 5.22 Å². The molecule has 0 saturated carbocycles. The number of rotatable bonds is 6. The number of amides is 1. The molecule has 0 aliphatic carbocycles. The van der Waals surface area contributed by atoms with Gasteiger partial charge in [0.05, 0.1) is 5.75 Å². The second-order valence-corrected chi connectivity index (χ2v) is 5.79. The van der Waals surface area contributed by atoms with E-state index >= 15 is 0 Å². The molecule has 112 valence electrons. The van der Waals surface area contributed by atoms with Crippen LogP contribution < -0.4 is 5.32 Å². The summed E-state index contributed by atoms with van der Waals surface area (Å²) in [7, 11) is 0. The topological polar surface area (TPSA) is 92.4 Å². The van der Waals surface area contributed by atoms with E-state index < -0.39 is 12.0 Å². The number of carbonyl (C=O) groups is 2. The monoisotopic (exact) mass is 308 g/mol. The third-order valence-corrected chi connectivity index (χ3v) is 3.68. The molecule has 1 amide bonds. The maximum absolute atomic E-state index is 11.8. The Balaban J connectivity index is 1.93. The molecule has 0 aliphatic heterocycles. The Morgan fingerprint density at radius 1 is 1.38 bits per heavy atom. The molecule has 7 heteroatoms. The minimum absolute atomic E-state index is 0.0589. The van der Waals surface area contributed by atoms with Gasteiger partial charge < -0.3 is 14.8 Å². The number of thioether (sulfide) groups is 1. The van der Waals surface area contributed by atoms with Gasteiger partial charge in [0.2, 0.25) is 5.91 Å². The van der Waals surface area contributed by atoms with Gasteiger partial charge >= 0.3 is 5.97 Å². The van der Waals surface area contributed by atoms with Crippen LogP contribution in [-0.4, -0.2) is 33.8 Å². The number of benzene rings is 1. The lowest BCUT2D eigenvalue weighted by atomic mass is 10.1. The van der Waals surface area contributed by atoms with Crippen LogP contribution in [0.1, 0.15) is 13.8 Å². The lowest BCUT2D eigenvalue weighted by molar-refractivity contribution is -0.142. The van der Waals surface area contributed by atoms with Crippen LogP contribution in [0.15, 0.2) is 33.9 Å². The van der Waals surface area contributed by atoms with Crippen LogP contribution >= 0.6 is 11.8 Å². The van der Waals surface area contributed by atoms with Gasteiger partial charge in [-0.25, -0.2) is 9.78 Å². The Hall–Kier alpha value is -2.02. The Kier molecular flexibility index (Phi) is 4.85. The van der Waals surface area contributed by atoms with Crippen LogP contribution in [0.3, 0.4) is 0 Å². The molecule has 1 atom stereocenters. The summed E-state index contributed by atoms with van der Waals surface area (Å²) in [6.07, 6.45) is 0. The van der Waals surface area contributed by atoms with Crippen molar-refractivity contribution in [3.05, 3.63) is 24.3 Å². The minimum atomic E-state index is -1.04. The molecule has 0 bridgehead atoms. The van der Waals surface area contributed by atoms with Gasteiger partial charge in [0, 0.05) is 0 Å². The normalized spacial score (nSPS) is 12.5. The molecule has 0 spiro atoms. The third-order valence-electron chi connectivity index (χ3n) is 2.85. The summed E-state index contributed by atoms with van der Waals surface area (Å²) in [5, 5.41) is 11.9. The van der Waals surface area contributed by atoms with Crippen molar-refractivity contribution in [1.82, 2.24) is 10.3 Å². The molecular weight excluding hydrogens is 292 g/mol. The van der Waals surface area contributed by atoms with Gasteiger partial charge in [0.1, 0.15) is 11.6 Å². The first-order chi connectivity index (χ1) is 9.97. The van der Waals surface area contributed by atoms with Crippen molar-refractivity contribution in [2.24, 2.45) is 5.92 Å². The van der Waals surface area contributed by atoms with Crippen molar-refractivity contribution in [3.63, 3.8) is 0 Å². The summed E-state index contributed by atoms with van der Waals surface area (Å²) in [6.45, 7) is 3.49. The number of nitrogens with zero attached hydrogens (tertiary/aromatic N) is 1. The maximum atomic E-state index is 11.8. The van der Waals surface area contributed by atoms with Gasteiger partial charge in [-0.2, -0.15) is 0 Å². The Morgan fingerprint density at radius 3 is 2.71 bits per heavy atom. The van der Waals surface area contributed by atoms with Crippen LogP contribution in [0.25, 0.3) is 11.1 Å². The molecule has 0 saturated heterocycles. The van der Waals surface area contributed by atoms with E-state index in [2.05, 4.69) is 10.3 Å². The van der Waals surface area contributed by atoms with Gasteiger partial charge in [-0.15, -0.1) is 0 Å². The van der Waals surface area contributed by atoms with E-state index in [0.29, 0.717) is 10.8 Å². The molecule has 1 aromatic heterocycles. The average molecular weight is 308 g/mol. The first-order valence-corrected chi connectivity index (χ1v) is 7.46. The zero-order valence-electron chi connectivity index (χ0n) is 11.7. The highest BCUT2D eigenvalue weighted by Gasteiger charge is 2.23. The van der Waals surface area contributed by atoms with Crippen molar-refractivity contribution >= 4 is 34.7 Å². The van der Waals surface area contributed by atoms with Crippen LogP contribution in [0.2, 0.25) is 0 Å². The van der Waals surface area contributed by atoms with Crippen molar-refractivity contribution in [2.75, 3.05) is 5.75 Å². The number of fused-ring (bicyclic) bond motifs is 1. The molecule has 2 rings (SSSR count). The molecule has 0 unspecified atom stereocenters. The molecule has 2 aromatic rings. The van der Waals surface area contributed by atoms with Gasteiger partial charge in [0.15, 0.2) is 5.58 Å². The van der Waals surface area contributed by atoms with E-state index in [9.17, 15) is 9.59 Å². The SMILES string of the molecule is CC(C)[C@@H](NC(=O)CSc1nc2ccccc2o1)C(=O)O. The predicted octanol–water partition coefficient (Wildman–Crippen LogP) is 2.15. The Labute approximate surface area is 125 Å². The number of nitrogens with one attached hydrogen (secondary N) is 1. The van der Waals surface area contributed by atoms with E-state index in [-0.39, 0.29) is 17.6 Å². The molecule has 1 heterocycles. The maximum Gasteiger partial charge on any atom is 0.326 e. The number of carboxylic acid groups (broad SMARTS) is 1. The number of oxazole rings is 1. The van der Waals surface area contributed by atoms with Crippen molar-refractivity contribution in [3.8, 4) is 0 Å². The summed E-state index contributed by atoms with van der Waals surface area (Å²) < 4.78 is 5.47. The largest absolute Gasteiger partial charge is 0.480 e. The number of hydrogen-bond acceptors (Lipinski definition) is 5. The summed E-state index contributed by atoms with van der Waals surface area (Å²) in [4.78, 5) is 27.0. The second-order valence-electron chi connectivity index (χ2n) is 4.86. The van der Waals surface area contributed by atoms with Crippen molar-refractivity contribution < 1.29 is 19.1 Å². The van der Waals surface area contributed by atoms with Gasteiger partial charge in [-0.05, 0) is 18.1 Å². The number of aliphatic carboxylic acids is 1. The zero-order valence-corrected chi connectivity index (χ0v) is 12.5. The fourth-order valence-corrected chi connectivity index (χ4v) is 2.42. The summed E-state index contributed by atoms with van der Waals surface area (Å²) >= 11 is 1.14. The second kappa shape index (κ2) is 6.62. The molecule has 6 nitrogen and oxygen atoms in total. The summed E-state index contributed by atoms with van der Waals surface area (Å²) in [5.74, 6) is -1.52. The first kappa shape index (κ1) is 15.4. The van der Waals surface area contributed by atoms with E-state index in [4.69, 9.17) is 9.52 Å². The molecule has 0 radical (unpaired) electrons. The molecular formula is C14H16N2O4S. The molecule has 21 heavy (non-hydrogen) atoms. The Bertz CT molecular complexity index is 620. The number of carboxylic acids is 1. The first-order valence-electron chi connectivity index (χ1n) is 6.48. The summed E-state index contributed by atoms with van der Waals surface area (Å²) in [6, 6.07) is 6.43. The quantitative estimate of drug-likeness (QED) is 0.794. The van der Waals surface area contributed by atoms with Crippen molar-refractivity contribution in [1.29, 1.82) is 0 Å². The highest BCUT2D eigenvalue weighted by Crippen LogP contribution is 2.22. The number of hydrogen-bond donors (Lipinski definition) is 2. The van der Waals surface area contributed by atoms with Crippen LogP contribution in [0.5, 0.6) is 0 Å². The number of para-hydroxylation sites is 2. The van der Waals surface area contributed by atoms with Crippen molar-refractivity contribution in [2.45, 2.75) is 25.1 Å². The lowest BCUT2D eigenvalue weighted by Gasteiger charge is -2.17. The minimum Gasteiger partial charge on any atom is -0.480 e. The average Bonchev–Trinajstić information content (AvgIpc) is 2.84. The third kappa shape index (κ3) is 3.98. The highest BCUT2D eigenvalue weighted by atomic mass is 32.2. The van der Waals surface area contributed by atoms with E-state index in [1.807, 2.05) is 18.2 Å². The van der Waals surface area contributed by atoms with Crippen LogP contribution in [0.4, 0.5) is 0 Å². The fourth-order valence-electron chi connectivity index (χ4n) is 1.77. The molecule has 0 fully saturated rings.